The summed E-state index contributed by atoms with van der Waals surface area (Å²) in [6.45, 7) is 10.4. The Kier molecular flexibility index (Phi) is 4.40. The molecule has 0 amide bonds. The molecule has 0 aliphatic heterocycles. The fourth-order valence-electron chi connectivity index (χ4n) is 2.64. The van der Waals surface area contributed by atoms with Gasteiger partial charge in [-0.3, -0.25) is 0 Å². The van der Waals surface area contributed by atoms with Gasteiger partial charge in [0, 0.05) is 0 Å². The molecule has 22 heavy (non-hydrogen) atoms. The number of benzene rings is 1. The summed E-state index contributed by atoms with van der Waals surface area (Å²) in [5.41, 5.74) is 4.00. The van der Waals surface area contributed by atoms with E-state index in [0.29, 0.717) is 24.1 Å². The second-order valence-electron chi connectivity index (χ2n) is 6.49. The van der Waals surface area contributed by atoms with Crippen LogP contribution < -0.4 is 0 Å². The monoisotopic (exact) mass is 300 g/mol. The molecule has 0 aliphatic carbocycles. The quantitative estimate of drug-likeness (QED) is 0.928. The van der Waals surface area contributed by atoms with E-state index >= 15 is 0 Å². The van der Waals surface area contributed by atoms with Gasteiger partial charge in [0.2, 0.25) is 0 Å². The number of hydrogen-bond acceptors (Lipinski definition) is 2. The van der Waals surface area contributed by atoms with Crippen LogP contribution in [-0.2, 0) is 18.3 Å². The lowest BCUT2D eigenvalue weighted by molar-refractivity contribution is 0.0694. The lowest BCUT2D eigenvalue weighted by Gasteiger charge is -2.19. The fourth-order valence-corrected chi connectivity index (χ4v) is 2.64. The maximum Gasteiger partial charge on any atom is 0.339 e. The van der Waals surface area contributed by atoms with Gasteiger partial charge in [0.05, 0.1) is 17.1 Å². The first-order chi connectivity index (χ1) is 10.3. The third-order valence-electron chi connectivity index (χ3n) is 3.92. The Balaban J connectivity index is 2.55. The van der Waals surface area contributed by atoms with E-state index in [1.54, 1.807) is 4.68 Å². The zero-order valence-corrected chi connectivity index (χ0v) is 14.0. The first-order valence-corrected chi connectivity index (χ1v) is 7.74. The molecular formula is C18H24N2O2. The van der Waals surface area contributed by atoms with Crippen molar-refractivity contribution in [3.8, 4) is 5.69 Å². The highest BCUT2D eigenvalue weighted by molar-refractivity contribution is 5.90. The number of nitrogens with zero attached hydrogens (tertiary/aromatic N) is 2. The minimum Gasteiger partial charge on any atom is -0.478 e. The molecule has 118 valence electrons. The molecule has 0 bridgehead atoms. The van der Waals surface area contributed by atoms with Gasteiger partial charge in [-0.15, -0.1) is 0 Å². The van der Waals surface area contributed by atoms with Gasteiger partial charge in [0.25, 0.3) is 0 Å². The second-order valence-corrected chi connectivity index (χ2v) is 6.49. The third-order valence-corrected chi connectivity index (χ3v) is 3.92. The van der Waals surface area contributed by atoms with Crippen LogP contribution in [0, 0.1) is 0 Å². The zero-order valence-electron chi connectivity index (χ0n) is 14.0. The van der Waals surface area contributed by atoms with E-state index in [4.69, 9.17) is 0 Å². The van der Waals surface area contributed by atoms with Gasteiger partial charge in [-0.2, -0.15) is 5.10 Å². The van der Waals surface area contributed by atoms with Crippen molar-refractivity contribution >= 4 is 5.97 Å². The van der Waals surface area contributed by atoms with Crippen LogP contribution in [0.3, 0.4) is 0 Å². The Morgan fingerprint density at radius 1 is 1.14 bits per heavy atom. The van der Waals surface area contributed by atoms with Crippen molar-refractivity contribution in [3.05, 3.63) is 46.8 Å². The number of hydrogen-bond donors (Lipinski definition) is 1. The van der Waals surface area contributed by atoms with E-state index in [9.17, 15) is 9.90 Å². The molecule has 0 saturated heterocycles. The molecule has 2 aromatic rings. The van der Waals surface area contributed by atoms with Gasteiger partial charge in [0.15, 0.2) is 0 Å². The minimum atomic E-state index is -0.897. The maximum absolute atomic E-state index is 11.5. The van der Waals surface area contributed by atoms with Crippen molar-refractivity contribution < 1.29 is 9.90 Å². The highest BCUT2D eigenvalue weighted by Crippen LogP contribution is 2.25. The van der Waals surface area contributed by atoms with E-state index < -0.39 is 5.97 Å². The maximum atomic E-state index is 11.5. The SMILES string of the molecule is CCc1nn(-c2ccc(C(C)(C)C)cc2)c(CC)c1C(=O)O. The number of carboxylic acid groups (broad SMARTS) is 1. The molecule has 0 spiro atoms. The Hall–Kier alpha value is -2.10. The van der Waals surface area contributed by atoms with Crippen molar-refractivity contribution in [1.29, 1.82) is 0 Å². The second kappa shape index (κ2) is 5.95. The van der Waals surface area contributed by atoms with Crippen LogP contribution in [0.2, 0.25) is 0 Å². The van der Waals surface area contributed by atoms with Crippen LogP contribution in [-0.4, -0.2) is 20.9 Å². The van der Waals surface area contributed by atoms with Crippen LogP contribution in [0.5, 0.6) is 0 Å². The number of aromatic carboxylic acids is 1. The molecule has 1 N–H and O–H groups in total. The minimum absolute atomic E-state index is 0.0943. The van der Waals surface area contributed by atoms with E-state index in [1.807, 2.05) is 26.0 Å². The molecule has 0 fully saturated rings. The molecule has 0 radical (unpaired) electrons. The molecule has 1 aromatic carbocycles. The number of carbonyl (C=O) groups is 1. The summed E-state index contributed by atoms with van der Waals surface area (Å²) >= 11 is 0. The molecule has 1 aromatic heterocycles. The van der Waals surface area contributed by atoms with Crippen molar-refractivity contribution in [2.45, 2.75) is 52.9 Å². The average molecular weight is 300 g/mol. The van der Waals surface area contributed by atoms with Gasteiger partial charge in [0.1, 0.15) is 5.56 Å². The fraction of sp³-hybridized carbons (Fsp3) is 0.444. The van der Waals surface area contributed by atoms with Crippen LogP contribution >= 0.6 is 0 Å². The van der Waals surface area contributed by atoms with Crippen LogP contribution in [0.15, 0.2) is 24.3 Å². The lowest BCUT2D eigenvalue weighted by atomic mass is 9.87. The van der Waals surface area contributed by atoms with Gasteiger partial charge < -0.3 is 5.11 Å². The number of aryl methyl sites for hydroxylation is 1. The topological polar surface area (TPSA) is 55.1 Å². The third kappa shape index (κ3) is 2.91. The summed E-state index contributed by atoms with van der Waals surface area (Å²) in [5.74, 6) is -0.897. The molecule has 0 unspecified atom stereocenters. The molecule has 0 aliphatic rings. The Labute approximate surface area is 131 Å². The molecule has 4 heteroatoms. The molecule has 4 nitrogen and oxygen atoms in total. The van der Waals surface area contributed by atoms with Crippen molar-refractivity contribution in [2.75, 3.05) is 0 Å². The zero-order chi connectivity index (χ0) is 16.5. The first-order valence-electron chi connectivity index (χ1n) is 7.74. The predicted molar refractivity (Wildman–Crippen MR) is 88.0 cm³/mol. The predicted octanol–water partition coefficient (Wildman–Crippen LogP) is 3.99. The first kappa shape index (κ1) is 16.3. The molecule has 0 atom stereocenters. The van der Waals surface area contributed by atoms with Crippen molar-refractivity contribution in [1.82, 2.24) is 9.78 Å². The average Bonchev–Trinajstić information content (AvgIpc) is 2.85. The smallest absolute Gasteiger partial charge is 0.339 e. The van der Waals surface area contributed by atoms with Gasteiger partial charge in [-0.05, 0) is 36.0 Å². The van der Waals surface area contributed by atoms with Crippen molar-refractivity contribution in [3.63, 3.8) is 0 Å². The molecular weight excluding hydrogens is 276 g/mol. The summed E-state index contributed by atoms with van der Waals surface area (Å²) in [6, 6.07) is 8.20. The van der Waals surface area contributed by atoms with Gasteiger partial charge in [-0.1, -0.05) is 46.8 Å². The van der Waals surface area contributed by atoms with Gasteiger partial charge in [-0.25, -0.2) is 9.48 Å². The Morgan fingerprint density at radius 2 is 1.73 bits per heavy atom. The normalized spacial score (nSPS) is 11.7. The largest absolute Gasteiger partial charge is 0.478 e. The van der Waals surface area contributed by atoms with Crippen LogP contribution in [0.1, 0.15) is 61.9 Å². The Bertz CT molecular complexity index is 676. The summed E-state index contributed by atoms with van der Waals surface area (Å²) in [7, 11) is 0. The van der Waals surface area contributed by atoms with E-state index in [0.717, 1.165) is 11.4 Å². The lowest BCUT2D eigenvalue weighted by Crippen LogP contribution is -2.11. The summed E-state index contributed by atoms with van der Waals surface area (Å²) in [6.07, 6.45) is 1.25. The van der Waals surface area contributed by atoms with Crippen LogP contribution in [0.4, 0.5) is 0 Å². The Morgan fingerprint density at radius 3 is 2.14 bits per heavy atom. The van der Waals surface area contributed by atoms with E-state index in [-0.39, 0.29) is 5.41 Å². The van der Waals surface area contributed by atoms with Crippen LogP contribution in [0.25, 0.3) is 5.69 Å². The number of aromatic nitrogens is 2. The van der Waals surface area contributed by atoms with E-state index in [1.165, 1.54) is 5.56 Å². The highest BCUT2D eigenvalue weighted by Gasteiger charge is 2.22. The molecule has 1 heterocycles. The number of carboxylic acids is 1. The summed E-state index contributed by atoms with van der Waals surface area (Å²) in [5, 5.41) is 14.0. The van der Waals surface area contributed by atoms with E-state index in [2.05, 4.69) is 38.0 Å². The molecule has 2 rings (SSSR count). The highest BCUT2D eigenvalue weighted by atomic mass is 16.4. The summed E-state index contributed by atoms with van der Waals surface area (Å²) in [4.78, 5) is 11.5. The van der Waals surface area contributed by atoms with Crippen molar-refractivity contribution in [2.24, 2.45) is 0 Å². The van der Waals surface area contributed by atoms with Gasteiger partial charge >= 0.3 is 5.97 Å². The number of rotatable bonds is 4. The summed E-state index contributed by atoms with van der Waals surface area (Å²) < 4.78 is 1.77. The standard InChI is InChI=1S/C18H24N2O2/c1-6-14-16(17(21)22)15(7-2)20(19-14)13-10-8-12(9-11-13)18(3,4)5/h8-11H,6-7H2,1-5H3,(H,21,22). The molecule has 0 saturated carbocycles.